The van der Waals surface area contributed by atoms with Crippen molar-refractivity contribution in [3.05, 3.63) is 65.8 Å². The summed E-state index contributed by atoms with van der Waals surface area (Å²) in [6.45, 7) is 2.28. The molecule has 0 spiro atoms. The maximum atomic E-state index is 12.9. The third kappa shape index (κ3) is 4.20. The molecule has 25 heavy (non-hydrogen) atoms. The zero-order valence-corrected chi connectivity index (χ0v) is 13.4. The number of hydrogen-bond donors (Lipinski definition) is 0. The average Bonchev–Trinajstić information content (AvgIpc) is 3.10. The Labute approximate surface area is 143 Å². The number of ether oxygens (including phenoxy) is 2. The number of carbonyl (C=O) groups is 1. The molecule has 128 valence electrons. The van der Waals surface area contributed by atoms with Crippen LogP contribution in [-0.4, -0.2) is 22.7 Å². The van der Waals surface area contributed by atoms with E-state index >= 15 is 0 Å². The Morgan fingerprint density at radius 2 is 1.84 bits per heavy atom. The Kier molecular flexibility index (Phi) is 5.03. The van der Waals surface area contributed by atoms with Gasteiger partial charge in [0.25, 0.3) is 5.89 Å². The fourth-order valence-electron chi connectivity index (χ4n) is 2.09. The molecule has 2 aromatic carbocycles. The molecule has 0 aliphatic heterocycles. The van der Waals surface area contributed by atoms with E-state index in [-0.39, 0.29) is 18.3 Å². The van der Waals surface area contributed by atoms with Crippen LogP contribution in [0.2, 0.25) is 0 Å². The van der Waals surface area contributed by atoms with E-state index in [0.29, 0.717) is 29.3 Å². The molecule has 0 saturated carbocycles. The van der Waals surface area contributed by atoms with Gasteiger partial charge in [-0.25, -0.2) is 9.18 Å². The van der Waals surface area contributed by atoms with Crippen LogP contribution in [0.3, 0.4) is 0 Å². The number of nitrogens with zero attached hydrogens (tertiary/aromatic N) is 2. The molecular weight excluding hydrogens is 327 g/mol. The normalized spacial score (nSPS) is 10.5. The van der Waals surface area contributed by atoms with Crippen LogP contribution in [0.15, 0.2) is 53.1 Å². The van der Waals surface area contributed by atoms with Crippen molar-refractivity contribution in [2.24, 2.45) is 0 Å². The van der Waals surface area contributed by atoms with E-state index in [4.69, 9.17) is 14.0 Å². The molecular formula is C18H15FN2O4. The van der Waals surface area contributed by atoms with Gasteiger partial charge in [-0.05, 0) is 55.5 Å². The second kappa shape index (κ2) is 7.57. The van der Waals surface area contributed by atoms with Crippen LogP contribution in [0.4, 0.5) is 4.39 Å². The number of halogens is 1. The zero-order valence-electron chi connectivity index (χ0n) is 13.4. The average molecular weight is 342 g/mol. The maximum absolute atomic E-state index is 12.9. The monoisotopic (exact) mass is 342 g/mol. The van der Waals surface area contributed by atoms with Gasteiger partial charge in [0.05, 0.1) is 12.2 Å². The Hall–Kier alpha value is -3.22. The van der Waals surface area contributed by atoms with Crippen molar-refractivity contribution in [2.75, 3.05) is 6.61 Å². The highest BCUT2D eigenvalue weighted by molar-refractivity contribution is 5.89. The van der Waals surface area contributed by atoms with Crippen molar-refractivity contribution >= 4 is 5.97 Å². The van der Waals surface area contributed by atoms with Gasteiger partial charge in [0, 0.05) is 5.56 Å². The topological polar surface area (TPSA) is 74.5 Å². The largest absolute Gasteiger partial charge is 0.494 e. The number of benzene rings is 2. The first-order valence-electron chi connectivity index (χ1n) is 7.64. The van der Waals surface area contributed by atoms with Crippen molar-refractivity contribution in [1.82, 2.24) is 10.1 Å². The van der Waals surface area contributed by atoms with Gasteiger partial charge in [0.15, 0.2) is 6.61 Å². The van der Waals surface area contributed by atoms with Crippen molar-refractivity contribution < 1.29 is 23.2 Å². The van der Waals surface area contributed by atoms with Gasteiger partial charge in [-0.2, -0.15) is 4.98 Å². The van der Waals surface area contributed by atoms with Gasteiger partial charge in [-0.1, -0.05) is 5.16 Å². The Morgan fingerprint density at radius 1 is 1.12 bits per heavy atom. The molecule has 0 N–H and O–H groups in total. The Balaban J connectivity index is 1.60. The minimum absolute atomic E-state index is 0.151. The first-order chi connectivity index (χ1) is 12.2. The molecule has 0 aliphatic carbocycles. The van der Waals surface area contributed by atoms with Gasteiger partial charge in [-0.15, -0.1) is 0 Å². The minimum atomic E-state index is -0.510. The lowest BCUT2D eigenvalue weighted by Gasteiger charge is -2.04. The highest BCUT2D eigenvalue weighted by atomic mass is 19.1. The van der Waals surface area contributed by atoms with E-state index < -0.39 is 5.97 Å². The summed E-state index contributed by atoms with van der Waals surface area (Å²) in [4.78, 5) is 16.1. The first-order valence-corrected chi connectivity index (χ1v) is 7.64. The van der Waals surface area contributed by atoms with E-state index in [0.717, 1.165) is 0 Å². The van der Waals surface area contributed by atoms with Crippen LogP contribution in [0.1, 0.15) is 23.2 Å². The third-order valence-corrected chi connectivity index (χ3v) is 3.30. The fraction of sp³-hybridized carbons (Fsp3) is 0.167. The van der Waals surface area contributed by atoms with Crippen LogP contribution in [0.5, 0.6) is 5.75 Å². The summed E-state index contributed by atoms with van der Waals surface area (Å²) in [6.07, 6.45) is 0. The van der Waals surface area contributed by atoms with Crippen LogP contribution in [0, 0.1) is 5.82 Å². The van der Waals surface area contributed by atoms with E-state index in [1.165, 1.54) is 24.3 Å². The van der Waals surface area contributed by atoms with Crippen LogP contribution in [0.25, 0.3) is 11.4 Å². The highest BCUT2D eigenvalue weighted by Gasteiger charge is 2.12. The van der Waals surface area contributed by atoms with Crippen LogP contribution >= 0.6 is 0 Å². The van der Waals surface area contributed by atoms with Gasteiger partial charge >= 0.3 is 5.97 Å². The van der Waals surface area contributed by atoms with Crippen molar-refractivity contribution in [3.8, 4) is 17.1 Å². The van der Waals surface area contributed by atoms with E-state index in [2.05, 4.69) is 10.1 Å². The lowest BCUT2D eigenvalue weighted by atomic mass is 10.2. The Bertz CT molecular complexity index is 844. The third-order valence-electron chi connectivity index (χ3n) is 3.30. The molecule has 3 rings (SSSR count). The molecule has 0 fully saturated rings. The molecule has 0 atom stereocenters. The number of aromatic nitrogens is 2. The van der Waals surface area contributed by atoms with Crippen molar-refractivity contribution in [3.63, 3.8) is 0 Å². The SMILES string of the molecule is CCOc1ccc(C(=O)OCc2nc(-c3ccc(F)cc3)no2)cc1. The van der Waals surface area contributed by atoms with Crippen LogP contribution in [-0.2, 0) is 11.3 Å². The summed E-state index contributed by atoms with van der Waals surface area (Å²) in [5.74, 6) is 0.270. The quantitative estimate of drug-likeness (QED) is 0.637. The van der Waals surface area contributed by atoms with Crippen LogP contribution < -0.4 is 4.74 Å². The number of carbonyl (C=O) groups excluding carboxylic acids is 1. The Morgan fingerprint density at radius 3 is 2.52 bits per heavy atom. The molecule has 7 heteroatoms. The second-order valence-corrected chi connectivity index (χ2v) is 5.05. The summed E-state index contributed by atoms with van der Waals surface area (Å²) >= 11 is 0. The molecule has 6 nitrogen and oxygen atoms in total. The minimum Gasteiger partial charge on any atom is -0.494 e. The summed E-state index contributed by atoms with van der Waals surface area (Å²) in [5.41, 5.74) is 0.996. The molecule has 0 saturated heterocycles. The molecule has 0 radical (unpaired) electrons. The summed E-state index contributed by atoms with van der Waals surface area (Å²) < 4.78 is 28.4. The highest BCUT2D eigenvalue weighted by Crippen LogP contribution is 2.17. The first kappa shape index (κ1) is 16.6. The molecule has 1 aromatic heterocycles. The van der Waals surface area contributed by atoms with Crippen molar-refractivity contribution in [2.45, 2.75) is 13.5 Å². The predicted molar refractivity (Wildman–Crippen MR) is 86.4 cm³/mol. The molecule has 0 amide bonds. The number of esters is 1. The summed E-state index contributed by atoms with van der Waals surface area (Å²) in [5, 5.41) is 3.78. The van der Waals surface area contributed by atoms with Gasteiger partial charge in [0.2, 0.25) is 5.82 Å². The second-order valence-electron chi connectivity index (χ2n) is 5.05. The van der Waals surface area contributed by atoms with Crippen molar-refractivity contribution in [1.29, 1.82) is 0 Å². The summed E-state index contributed by atoms with van der Waals surface area (Å²) in [7, 11) is 0. The van der Waals surface area contributed by atoms with E-state index in [9.17, 15) is 9.18 Å². The van der Waals surface area contributed by atoms with Gasteiger partial charge in [-0.3, -0.25) is 0 Å². The fourth-order valence-corrected chi connectivity index (χ4v) is 2.09. The van der Waals surface area contributed by atoms with E-state index in [1.807, 2.05) is 6.92 Å². The predicted octanol–water partition coefficient (Wildman–Crippen LogP) is 3.63. The van der Waals surface area contributed by atoms with Gasteiger partial charge < -0.3 is 14.0 Å². The number of rotatable bonds is 6. The molecule has 0 bridgehead atoms. The lowest BCUT2D eigenvalue weighted by Crippen LogP contribution is -2.05. The molecule has 0 aliphatic rings. The van der Waals surface area contributed by atoms with E-state index in [1.54, 1.807) is 24.3 Å². The molecule has 1 heterocycles. The standard InChI is InChI=1S/C18H15FN2O4/c1-2-23-15-9-5-13(6-10-15)18(22)24-11-16-20-17(21-25-16)12-3-7-14(19)8-4-12/h3-10H,2,11H2,1H3. The zero-order chi connectivity index (χ0) is 17.6. The maximum Gasteiger partial charge on any atom is 0.338 e. The lowest BCUT2D eigenvalue weighted by molar-refractivity contribution is 0.0430. The van der Waals surface area contributed by atoms with Gasteiger partial charge in [0.1, 0.15) is 11.6 Å². The molecule has 0 unspecified atom stereocenters. The number of hydrogen-bond acceptors (Lipinski definition) is 6. The molecule has 3 aromatic rings. The summed E-state index contributed by atoms with van der Waals surface area (Å²) in [6, 6.07) is 12.3. The smallest absolute Gasteiger partial charge is 0.338 e.